The molecule has 0 spiro atoms. The summed E-state index contributed by atoms with van der Waals surface area (Å²) >= 11 is 0. The number of hydrogen-bond donors (Lipinski definition) is 4. The van der Waals surface area contributed by atoms with E-state index in [0.29, 0.717) is 6.54 Å². The summed E-state index contributed by atoms with van der Waals surface area (Å²) in [4.78, 5) is 7.89. The summed E-state index contributed by atoms with van der Waals surface area (Å²) in [6.07, 6.45) is 2.55. The van der Waals surface area contributed by atoms with Crippen LogP contribution in [0.3, 0.4) is 0 Å². The number of aromatic nitrogens is 2. The van der Waals surface area contributed by atoms with Crippen LogP contribution in [0.5, 0.6) is 0 Å². The van der Waals surface area contributed by atoms with Crippen molar-refractivity contribution in [2.45, 2.75) is 19.0 Å². The van der Waals surface area contributed by atoms with E-state index >= 15 is 0 Å². The molecule has 5 N–H and O–H groups in total. The second kappa shape index (κ2) is 8.25. The van der Waals surface area contributed by atoms with Gasteiger partial charge in [0.2, 0.25) is 0 Å². The minimum atomic E-state index is -0.0320. The van der Waals surface area contributed by atoms with Crippen LogP contribution in [0.1, 0.15) is 11.3 Å². The van der Waals surface area contributed by atoms with Crippen molar-refractivity contribution in [3.8, 4) is 11.1 Å². The molecule has 0 fully saturated rings. The molecule has 4 rings (SSSR count). The zero-order valence-electron chi connectivity index (χ0n) is 15.6. The SMILES string of the molecule is Nc1cccc(-c2c(CNC(CO)Cc3ccccc3)[nH]c3ncccc23)c1. The third kappa shape index (κ3) is 3.91. The number of nitrogens with zero attached hydrogens (tertiary/aromatic N) is 1. The van der Waals surface area contributed by atoms with Gasteiger partial charge in [-0.15, -0.1) is 0 Å². The topological polar surface area (TPSA) is 87.0 Å². The lowest BCUT2D eigenvalue weighted by molar-refractivity contribution is 0.240. The van der Waals surface area contributed by atoms with Crippen LogP contribution in [-0.2, 0) is 13.0 Å². The Balaban J connectivity index is 1.62. The minimum Gasteiger partial charge on any atom is -0.399 e. The van der Waals surface area contributed by atoms with E-state index in [-0.39, 0.29) is 12.6 Å². The third-order valence-corrected chi connectivity index (χ3v) is 4.94. The molecule has 5 nitrogen and oxygen atoms in total. The molecule has 0 radical (unpaired) electrons. The maximum Gasteiger partial charge on any atom is 0.138 e. The average Bonchev–Trinajstić information content (AvgIpc) is 3.10. The van der Waals surface area contributed by atoms with Crippen molar-refractivity contribution < 1.29 is 5.11 Å². The van der Waals surface area contributed by atoms with Crippen molar-refractivity contribution in [3.05, 3.63) is 84.2 Å². The Bertz CT molecular complexity index is 1060. The summed E-state index contributed by atoms with van der Waals surface area (Å²) in [7, 11) is 0. The van der Waals surface area contributed by atoms with Crippen LogP contribution in [-0.4, -0.2) is 27.7 Å². The van der Waals surface area contributed by atoms with E-state index in [9.17, 15) is 5.11 Å². The number of aliphatic hydroxyl groups is 1. The normalized spacial score (nSPS) is 12.3. The molecule has 28 heavy (non-hydrogen) atoms. The lowest BCUT2D eigenvalue weighted by atomic mass is 10.0. The number of nitrogens with one attached hydrogen (secondary N) is 2. The molecule has 0 saturated carbocycles. The molecule has 4 aromatic rings. The van der Waals surface area contributed by atoms with Gasteiger partial charge in [-0.1, -0.05) is 42.5 Å². The van der Waals surface area contributed by atoms with Crippen molar-refractivity contribution in [2.24, 2.45) is 0 Å². The zero-order valence-corrected chi connectivity index (χ0v) is 15.6. The maximum atomic E-state index is 9.83. The second-order valence-corrected chi connectivity index (χ2v) is 6.95. The molecule has 0 amide bonds. The summed E-state index contributed by atoms with van der Waals surface area (Å²) < 4.78 is 0. The number of nitrogen functional groups attached to an aromatic ring is 1. The highest BCUT2D eigenvalue weighted by atomic mass is 16.3. The van der Waals surface area contributed by atoms with Crippen LogP contribution in [0.4, 0.5) is 5.69 Å². The van der Waals surface area contributed by atoms with Crippen molar-refractivity contribution in [1.82, 2.24) is 15.3 Å². The molecular formula is C23H24N4O. The summed E-state index contributed by atoms with van der Waals surface area (Å²) in [5, 5.41) is 14.4. The van der Waals surface area contributed by atoms with E-state index in [1.165, 1.54) is 5.56 Å². The van der Waals surface area contributed by atoms with E-state index in [0.717, 1.165) is 40.0 Å². The first-order chi connectivity index (χ1) is 13.7. The van der Waals surface area contributed by atoms with Gasteiger partial charge in [-0.2, -0.15) is 0 Å². The van der Waals surface area contributed by atoms with Crippen molar-refractivity contribution in [1.29, 1.82) is 0 Å². The van der Waals surface area contributed by atoms with Gasteiger partial charge in [0.1, 0.15) is 5.65 Å². The Morgan fingerprint density at radius 3 is 2.68 bits per heavy atom. The van der Waals surface area contributed by atoms with E-state index in [4.69, 9.17) is 5.73 Å². The van der Waals surface area contributed by atoms with E-state index in [1.807, 2.05) is 42.5 Å². The zero-order chi connectivity index (χ0) is 19.3. The van der Waals surface area contributed by atoms with E-state index < -0.39 is 0 Å². The fourth-order valence-corrected chi connectivity index (χ4v) is 3.58. The van der Waals surface area contributed by atoms with Gasteiger partial charge in [-0.05, 0) is 41.8 Å². The van der Waals surface area contributed by atoms with Crippen LogP contribution in [0.2, 0.25) is 0 Å². The molecule has 1 atom stereocenters. The smallest absolute Gasteiger partial charge is 0.138 e. The first-order valence-electron chi connectivity index (χ1n) is 9.44. The summed E-state index contributed by atoms with van der Waals surface area (Å²) in [5.41, 5.74) is 12.0. The van der Waals surface area contributed by atoms with Gasteiger partial charge in [0.25, 0.3) is 0 Å². The quantitative estimate of drug-likeness (QED) is 0.374. The first-order valence-corrected chi connectivity index (χ1v) is 9.44. The van der Waals surface area contributed by atoms with Crippen LogP contribution >= 0.6 is 0 Å². The predicted octanol–water partition coefficient (Wildman–Crippen LogP) is 3.51. The number of aromatic amines is 1. The number of fused-ring (bicyclic) bond motifs is 1. The maximum absolute atomic E-state index is 9.83. The van der Waals surface area contributed by atoms with E-state index in [1.54, 1.807) is 6.20 Å². The molecule has 0 bridgehead atoms. The van der Waals surface area contributed by atoms with Crippen molar-refractivity contribution in [2.75, 3.05) is 12.3 Å². The Labute approximate surface area is 164 Å². The molecule has 0 aliphatic carbocycles. The molecule has 142 valence electrons. The van der Waals surface area contributed by atoms with Gasteiger partial charge in [-0.3, -0.25) is 0 Å². The lowest BCUT2D eigenvalue weighted by Gasteiger charge is -2.17. The molecule has 0 aliphatic rings. The standard InChI is InChI=1S/C23H24N4O/c24-18-9-4-8-17(13-18)22-20-10-5-11-25-23(20)27-21(22)14-26-19(15-28)12-16-6-2-1-3-7-16/h1-11,13,19,26,28H,12,14-15,24H2,(H,25,27). The Hall–Kier alpha value is -3.15. The molecule has 1 unspecified atom stereocenters. The van der Waals surface area contributed by atoms with Crippen molar-refractivity contribution >= 4 is 16.7 Å². The van der Waals surface area contributed by atoms with Gasteiger partial charge in [0.05, 0.1) is 6.61 Å². The van der Waals surface area contributed by atoms with Crippen molar-refractivity contribution in [3.63, 3.8) is 0 Å². The Morgan fingerprint density at radius 2 is 1.89 bits per heavy atom. The number of aliphatic hydroxyl groups excluding tert-OH is 1. The van der Waals surface area contributed by atoms with Crippen LogP contribution in [0.25, 0.3) is 22.2 Å². The van der Waals surface area contributed by atoms with Gasteiger partial charge in [0, 0.05) is 41.1 Å². The molecule has 0 saturated heterocycles. The number of hydrogen-bond acceptors (Lipinski definition) is 4. The fraction of sp³-hybridized carbons (Fsp3) is 0.174. The average molecular weight is 372 g/mol. The molecular weight excluding hydrogens is 348 g/mol. The van der Waals surface area contributed by atoms with Gasteiger partial charge in [-0.25, -0.2) is 4.98 Å². The number of nitrogens with two attached hydrogens (primary N) is 1. The number of pyridine rings is 1. The molecule has 2 aromatic carbocycles. The van der Waals surface area contributed by atoms with Crippen LogP contribution in [0.15, 0.2) is 72.9 Å². The molecule has 2 heterocycles. The highest BCUT2D eigenvalue weighted by Crippen LogP contribution is 2.32. The Morgan fingerprint density at radius 1 is 1.04 bits per heavy atom. The molecule has 2 aromatic heterocycles. The highest BCUT2D eigenvalue weighted by Gasteiger charge is 2.16. The second-order valence-electron chi connectivity index (χ2n) is 6.95. The highest BCUT2D eigenvalue weighted by molar-refractivity contribution is 5.96. The van der Waals surface area contributed by atoms with E-state index in [2.05, 4.69) is 39.6 Å². The van der Waals surface area contributed by atoms with Gasteiger partial charge >= 0.3 is 0 Å². The summed E-state index contributed by atoms with van der Waals surface area (Å²) in [5.74, 6) is 0. The molecule has 0 aliphatic heterocycles. The monoisotopic (exact) mass is 372 g/mol. The number of H-pyrrole nitrogens is 1. The first kappa shape index (κ1) is 18.2. The Kier molecular flexibility index (Phi) is 5.37. The number of benzene rings is 2. The van der Waals surface area contributed by atoms with Gasteiger partial charge < -0.3 is 21.1 Å². The number of rotatable bonds is 7. The van der Waals surface area contributed by atoms with Crippen LogP contribution < -0.4 is 11.1 Å². The fourth-order valence-electron chi connectivity index (χ4n) is 3.58. The molecule has 5 heteroatoms. The summed E-state index contributed by atoms with van der Waals surface area (Å²) in [6.45, 7) is 0.666. The predicted molar refractivity (Wildman–Crippen MR) is 114 cm³/mol. The minimum absolute atomic E-state index is 0.0320. The number of anilines is 1. The third-order valence-electron chi connectivity index (χ3n) is 4.94. The van der Waals surface area contributed by atoms with Gasteiger partial charge in [0.15, 0.2) is 0 Å². The lowest BCUT2D eigenvalue weighted by Crippen LogP contribution is -2.34. The largest absolute Gasteiger partial charge is 0.399 e. The van der Waals surface area contributed by atoms with Crippen LogP contribution in [0, 0.1) is 0 Å². The summed E-state index contributed by atoms with van der Waals surface area (Å²) in [6, 6.07) is 22.1.